The Morgan fingerprint density at radius 3 is 2.48 bits per heavy atom. The molecule has 0 aliphatic carbocycles. The average Bonchev–Trinajstić information content (AvgIpc) is 2.90. The molecule has 0 bridgehead atoms. The van der Waals surface area contributed by atoms with Crippen LogP contribution in [-0.4, -0.2) is 17.3 Å². The maximum atomic E-state index is 11.7. The molecule has 0 amide bonds. The smallest absolute Gasteiger partial charge is 0.167 e. The lowest BCUT2D eigenvalue weighted by atomic mass is 9.99. The fourth-order valence-corrected chi connectivity index (χ4v) is 2.97. The molecule has 3 nitrogen and oxygen atoms in total. The number of aldehydes is 1. The van der Waals surface area contributed by atoms with Crippen molar-refractivity contribution in [2.24, 2.45) is 0 Å². The molecule has 3 heteroatoms. The molecule has 2 aromatic heterocycles. The van der Waals surface area contributed by atoms with Crippen LogP contribution in [-0.2, 0) is 0 Å². The molecule has 3 rings (SSSR count). The Labute approximate surface area is 136 Å². The van der Waals surface area contributed by atoms with Gasteiger partial charge >= 0.3 is 0 Å². The molecule has 0 aliphatic heterocycles. The number of carbonyl (C=O) groups is 1. The zero-order chi connectivity index (χ0) is 16.6. The van der Waals surface area contributed by atoms with Crippen LogP contribution in [0.2, 0.25) is 0 Å². The summed E-state index contributed by atoms with van der Waals surface area (Å²) in [5, 5.41) is 0. The van der Waals surface area contributed by atoms with Gasteiger partial charge in [0, 0.05) is 22.8 Å². The van der Waals surface area contributed by atoms with Gasteiger partial charge in [0.1, 0.15) is 5.75 Å². The highest BCUT2D eigenvalue weighted by Crippen LogP contribution is 2.36. The highest BCUT2D eigenvalue weighted by Gasteiger charge is 2.17. The van der Waals surface area contributed by atoms with Crippen molar-refractivity contribution in [1.82, 2.24) is 4.40 Å². The Hall–Kier alpha value is -2.55. The number of benzene rings is 1. The molecule has 0 N–H and O–H groups in total. The number of rotatable bonds is 4. The highest BCUT2D eigenvalue weighted by molar-refractivity contribution is 5.92. The highest BCUT2D eigenvalue weighted by atomic mass is 16.5. The lowest BCUT2D eigenvalue weighted by Crippen LogP contribution is -1.98. The van der Waals surface area contributed by atoms with Gasteiger partial charge < -0.3 is 9.14 Å². The summed E-state index contributed by atoms with van der Waals surface area (Å²) >= 11 is 0. The van der Waals surface area contributed by atoms with Crippen molar-refractivity contribution in [3.8, 4) is 16.9 Å². The minimum Gasteiger partial charge on any atom is -0.493 e. The number of nitrogens with zero attached hydrogens (tertiary/aromatic N) is 1. The summed E-state index contributed by atoms with van der Waals surface area (Å²) in [6, 6.07) is 10.3. The first-order valence-electron chi connectivity index (χ1n) is 7.87. The third kappa shape index (κ3) is 2.52. The van der Waals surface area contributed by atoms with Gasteiger partial charge in [0.2, 0.25) is 0 Å². The quantitative estimate of drug-likeness (QED) is 0.652. The Morgan fingerprint density at radius 2 is 1.78 bits per heavy atom. The average molecular weight is 307 g/mol. The maximum absolute atomic E-state index is 11.7. The Kier molecular flexibility index (Phi) is 3.95. The monoisotopic (exact) mass is 307 g/mol. The Morgan fingerprint density at radius 1 is 1.04 bits per heavy atom. The van der Waals surface area contributed by atoms with E-state index in [2.05, 4.69) is 45.0 Å². The van der Waals surface area contributed by atoms with Crippen molar-refractivity contribution in [3.63, 3.8) is 0 Å². The van der Waals surface area contributed by atoms with Gasteiger partial charge in [-0.05, 0) is 68.7 Å². The first-order valence-corrected chi connectivity index (χ1v) is 7.87. The van der Waals surface area contributed by atoms with E-state index in [1.54, 1.807) is 0 Å². The van der Waals surface area contributed by atoms with Crippen LogP contribution in [0.1, 0.15) is 34.1 Å². The van der Waals surface area contributed by atoms with Crippen LogP contribution in [0.3, 0.4) is 0 Å². The van der Waals surface area contributed by atoms with Gasteiger partial charge in [-0.1, -0.05) is 6.07 Å². The number of pyridine rings is 1. The molecular formula is C20H21NO2. The maximum Gasteiger partial charge on any atom is 0.167 e. The second-order valence-electron chi connectivity index (χ2n) is 5.87. The van der Waals surface area contributed by atoms with E-state index in [-0.39, 0.29) is 0 Å². The molecule has 0 atom stereocenters. The summed E-state index contributed by atoms with van der Waals surface area (Å²) in [5.74, 6) is 0.826. The van der Waals surface area contributed by atoms with E-state index >= 15 is 0 Å². The number of fused-ring (bicyclic) bond motifs is 1. The van der Waals surface area contributed by atoms with E-state index in [4.69, 9.17) is 4.74 Å². The summed E-state index contributed by atoms with van der Waals surface area (Å²) in [7, 11) is 0. The van der Waals surface area contributed by atoms with Gasteiger partial charge in [-0.25, -0.2) is 0 Å². The summed E-state index contributed by atoms with van der Waals surface area (Å²) < 4.78 is 7.77. The molecule has 1 aromatic carbocycles. The molecule has 2 heterocycles. The molecule has 0 unspecified atom stereocenters. The first kappa shape index (κ1) is 15.3. The van der Waals surface area contributed by atoms with Crippen molar-refractivity contribution in [1.29, 1.82) is 0 Å². The third-order valence-electron chi connectivity index (χ3n) is 4.36. The lowest BCUT2D eigenvalue weighted by Gasteiger charge is -2.13. The molecule has 0 aliphatic rings. The number of carbonyl (C=O) groups excluding carboxylic acids is 1. The summed E-state index contributed by atoms with van der Waals surface area (Å²) in [6.07, 6.45) is 2.85. The van der Waals surface area contributed by atoms with Crippen LogP contribution in [0.15, 0.2) is 36.5 Å². The second kappa shape index (κ2) is 5.92. The Bertz CT molecular complexity index is 890. The summed E-state index contributed by atoms with van der Waals surface area (Å²) in [5.41, 5.74) is 7.11. The normalized spacial score (nSPS) is 11.0. The van der Waals surface area contributed by atoms with Crippen LogP contribution in [0.4, 0.5) is 0 Å². The van der Waals surface area contributed by atoms with Crippen LogP contribution in [0.5, 0.6) is 5.75 Å². The topological polar surface area (TPSA) is 30.7 Å². The zero-order valence-corrected chi connectivity index (χ0v) is 14.0. The molecule has 23 heavy (non-hydrogen) atoms. The van der Waals surface area contributed by atoms with E-state index in [9.17, 15) is 4.79 Å². The number of aryl methyl sites for hydroxylation is 3. The minimum absolute atomic E-state index is 0.596. The predicted molar refractivity (Wildman–Crippen MR) is 93.6 cm³/mol. The molecule has 118 valence electrons. The van der Waals surface area contributed by atoms with Gasteiger partial charge in [0.15, 0.2) is 6.29 Å². The van der Waals surface area contributed by atoms with Crippen molar-refractivity contribution >= 4 is 11.8 Å². The molecule has 0 radical (unpaired) electrons. The molecule has 0 saturated heterocycles. The molecule has 3 aromatic rings. The van der Waals surface area contributed by atoms with Crippen LogP contribution >= 0.6 is 0 Å². The van der Waals surface area contributed by atoms with E-state index in [0.717, 1.165) is 34.2 Å². The lowest BCUT2D eigenvalue weighted by molar-refractivity contribution is 0.111. The van der Waals surface area contributed by atoms with E-state index in [0.29, 0.717) is 12.3 Å². The predicted octanol–water partition coefficient (Wildman–Crippen LogP) is 4.74. The van der Waals surface area contributed by atoms with Crippen LogP contribution in [0.25, 0.3) is 16.6 Å². The molecule has 0 saturated carbocycles. The molecular weight excluding hydrogens is 286 g/mol. The van der Waals surface area contributed by atoms with Gasteiger partial charge in [0.25, 0.3) is 0 Å². The van der Waals surface area contributed by atoms with E-state index < -0.39 is 0 Å². The van der Waals surface area contributed by atoms with Crippen molar-refractivity contribution < 1.29 is 9.53 Å². The van der Waals surface area contributed by atoms with Gasteiger partial charge in [-0.15, -0.1) is 0 Å². The number of ether oxygens (including phenoxy) is 1. The number of hydrogen-bond donors (Lipinski definition) is 0. The Balaban J connectivity index is 2.34. The van der Waals surface area contributed by atoms with E-state index in [1.165, 1.54) is 11.1 Å². The third-order valence-corrected chi connectivity index (χ3v) is 4.36. The van der Waals surface area contributed by atoms with E-state index in [1.807, 2.05) is 23.6 Å². The second-order valence-corrected chi connectivity index (χ2v) is 5.87. The zero-order valence-electron chi connectivity index (χ0n) is 14.0. The van der Waals surface area contributed by atoms with Gasteiger partial charge in [-0.2, -0.15) is 0 Å². The standard InChI is InChI=1S/C20H21NO2/c1-5-23-20-10-15(4)14(3)9-17(20)16-11-18-13(2)7-6-8-21(18)19(16)12-22/h6-12H,5H2,1-4H3. The van der Waals surface area contributed by atoms with Crippen LogP contribution < -0.4 is 4.74 Å². The fourth-order valence-electron chi connectivity index (χ4n) is 2.97. The van der Waals surface area contributed by atoms with Crippen LogP contribution in [0, 0.1) is 20.8 Å². The van der Waals surface area contributed by atoms with Crippen molar-refractivity contribution in [3.05, 3.63) is 58.9 Å². The summed E-state index contributed by atoms with van der Waals surface area (Å²) in [6.45, 7) is 8.77. The summed E-state index contributed by atoms with van der Waals surface area (Å²) in [4.78, 5) is 11.7. The first-order chi connectivity index (χ1) is 11.1. The fraction of sp³-hybridized carbons (Fsp3) is 0.250. The largest absolute Gasteiger partial charge is 0.493 e. The van der Waals surface area contributed by atoms with Gasteiger partial charge in [0.05, 0.1) is 12.3 Å². The van der Waals surface area contributed by atoms with Crippen molar-refractivity contribution in [2.75, 3.05) is 6.61 Å². The molecule has 0 spiro atoms. The number of aromatic nitrogens is 1. The molecule has 0 fully saturated rings. The van der Waals surface area contributed by atoms with Crippen molar-refractivity contribution in [2.45, 2.75) is 27.7 Å². The number of hydrogen-bond acceptors (Lipinski definition) is 2. The van der Waals surface area contributed by atoms with Gasteiger partial charge in [-0.3, -0.25) is 4.79 Å². The minimum atomic E-state index is 0.596. The SMILES string of the molecule is CCOc1cc(C)c(C)cc1-c1cc2c(C)cccn2c1C=O.